The quantitative estimate of drug-likeness (QED) is 0.591. The molecule has 0 N–H and O–H groups in total. The standard InChI is InChI=1S/C26H35B/c1-8-24(23-11-9-10-12-23)27(25-19(4)13-17(2)14-20(25)5)26-21(6)15-18(3)16-22(26)7/h13-16H,8-12H2,1-7H3. The van der Waals surface area contributed by atoms with Crippen molar-refractivity contribution in [3.8, 4) is 0 Å². The van der Waals surface area contributed by atoms with E-state index >= 15 is 0 Å². The number of benzene rings is 2. The van der Waals surface area contributed by atoms with Gasteiger partial charge in [0.25, 0.3) is 0 Å². The summed E-state index contributed by atoms with van der Waals surface area (Å²) in [4.78, 5) is 0. The predicted molar refractivity (Wildman–Crippen MR) is 122 cm³/mol. The molecule has 2 aromatic carbocycles. The van der Waals surface area contributed by atoms with Gasteiger partial charge in [-0.05, 0) is 73.6 Å². The summed E-state index contributed by atoms with van der Waals surface area (Å²) in [6.07, 6.45) is 6.48. The summed E-state index contributed by atoms with van der Waals surface area (Å²) >= 11 is 0. The Kier molecular flexibility index (Phi) is 5.99. The zero-order chi connectivity index (χ0) is 19.7. The predicted octanol–water partition coefficient (Wildman–Crippen LogP) is 5.97. The van der Waals surface area contributed by atoms with Gasteiger partial charge < -0.3 is 0 Å². The fraction of sp³-hybridized carbons (Fsp3) is 0.462. The number of aryl methyl sites for hydroxylation is 6. The third-order valence-electron chi connectivity index (χ3n) is 6.44. The van der Waals surface area contributed by atoms with Crippen molar-refractivity contribution in [3.05, 3.63) is 68.7 Å². The molecule has 0 aliphatic heterocycles. The lowest BCUT2D eigenvalue weighted by molar-refractivity contribution is 0.886. The molecule has 1 heteroatoms. The van der Waals surface area contributed by atoms with Gasteiger partial charge in [-0.15, -0.1) is 0 Å². The van der Waals surface area contributed by atoms with Crippen LogP contribution in [0.15, 0.2) is 35.3 Å². The lowest BCUT2D eigenvalue weighted by Gasteiger charge is -2.27. The monoisotopic (exact) mass is 358 g/mol. The minimum atomic E-state index is 0.407. The average molecular weight is 358 g/mol. The van der Waals surface area contributed by atoms with E-state index in [4.69, 9.17) is 0 Å². The third-order valence-corrected chi connectivity index (χ3v) is 6.44. The Balaban J connectivity index is 2.34. The van der Waals surface area contributed by atoms with Crippen molar-refractivity contribution in [1.82, 2.24) is 0 Å². The molecule has 0 atom stereocenters. The first-order valence-corrected chi connectivity index (χ1v) is 10.7. The summed E-state index contributed by atoms with van der Waals surface area (Å²) in [6.45, 7) is 16.5. The van der Waals surface area contributed by atoms with Gasteiger partial charge in [0.2, 0.25) is 6.71 Å². The molecule has 0 bridgehead atoms. The second-order valence-corrected chi connectivity index (χ2v) is 8.75. The zero-order valence-corrected chi connectivity index (χ0v) is 18.4. The van der Waals surface area contributed by atoms with E-state index in [0.717, 1.165) is 6.42 Å². The van der Waals surface area contributed by atoms with Crippen LogP contribution in [0.3, 0.4) is 0 Å². The van der Waals surface area contributed by atoms with E-state index < -0.39 is 0 Å². The second kappa shape index (κ2) is 8.09. The lowest BCUT2D eigenvalue weighted by Crippen LogP contribution is -2.49. The van der Waals surface area contributed by atoms with Gasteiger partial charge in [0.1, 0.15) is 0 Å². The van der Waals surface area contributed by atoms with Crippen LogP contribution in [0, 0.1) is 41.5 Å². The Labute approximate surface area is 167 Å². The minimum absolute atomic E-state index is 0.407. The Morgan fingerprint density at radius 2 is 1.07 bits per heavy atom. The highest BCUT2D eigenvalue weighted by Crippen LogP contribution is 2.30. The van der Waals surface area contributed by atoms with Crippen LogP contribution in [0.25, 0.3) is 0 Å². The van der Waals surface area contributed by atoms with Crippen molar-refractivity contribution in [3.63, 3.8) is 0 Å². The van der Waals surface area contributed by atoms with Crippen LogP contribution >= 0.6 is 0 Å². The zero-order valence-electron chi connectivity index (χ0n) is 18.4. The maximum Gasteiger partial charge on any atom is 0.238 e. The molecular weight excluding hydrogens is 323 g/mol. The molecule has 3 rings (SSSR count). The Morgan fingerprint density at radius 3 is 1.41 bits per heavy atom. The highest BCUT2D eigenvalue weighted by atomic mass is 14.2. The lowest BCUT2D eigenvalue weighted by atomic mass is 9.32. The van der Waals surface area contributed by atoms with Crippen LogP contribution < -0.4 is 10.9 Å². The van der Waals surface area contributed by atoms with Gasteiger partial charge in [-0.3, -0.25) is 0 Å². The van der Waals surface area contributed by atoms with Crippen molar-refractivity contribution < 1.29 is 0 Å². The van der Waals surface area contributed by atoms with E-state index in [1.165, 1.54) is 59.1 Å². The van der Waals surface area contributed by atoms with Crippen molar-refractivity contribution in [2.24, 2.45) is 0 Å². The van der Waals surface area contributed by atoms with Gasteiger partial charge >= 0.3 is 0 Å². The smallest absolute Gasteiger partial charge is 0.0918 e. The van der Waals surface area contributed by atoms with Crippen molar-refractivity contribution in [1.29, 1.82) is 0 Å². The second-order valence-electron chi connectivity index (χ2n) is 8.75. The van der Waals surface area contributed by atoms with Crippen LogP contribution in [0.2, 0.25) is 0 Å². The molecule has 27 heavy (non-hydrogen) atoms. The maximum absolute atomic E-state index is 2.38. The number of rotatable bonds is 4. The van der Waals surface area contributed by atoms with Crippen LogP contribution in [0.4, 0.5) is 0 Å². The summed E-state index contributed by atoms with van der Waals surface area (Å²) in [5.41, 5.74) is 15.1. The summed E-state index contributed by atoms with van der Waals surface area (Å²) in [5, 5.41) is 0. The van der Waals surface area contributed by atoms with Crippen molar-refractivity contribution in [2.45, 2.75) is 80.6 Å². The van der Waals surface area contributed by atoms with Crippen molar-refractivity contribution >= 4 is 17.6 Å². The topological polar surface area (TPSA) is 0 Å². The van der Waals surface area contributed by atoms with E-state index in [0.29, 0.717) is 6.71 Å². The fourth-order valence-corrected chi connectivity index (χ4v) is 5.57. The first kappa shape index (κ1) is 20.0. The normalized spacial score (nSPS) is 14.0. The highest BCUT2D eigenvalue weighted by molar-refractivity contribution is 6.92. The van der Waals surface area contributed by atoms with Gasteiger partial charge in [0.05, 0.1) is 0 Å². The Hall–Kier alpha value is -1.76. The van der Waals surface area contributed by atoms with Crippen LogP contribution in [-0.2, 0) is 0 Å². The SMILES string of the molecule is CCC(B(c1c(C)cc(C)cc1C)c1c(C)cc(C)cc1C)=C1CCCC1. The van der Waals surface area contributed by atoms with Gasteiger partial charge in [-0.25, -0.2) is 0 Å². The molecule has 1 saturated carbocycles. The van der Waals surface area contributed by atoms with Gasteiger partial charge in [-0.2, -0.15) is 0 Å². The molecule has 0 saturated heterocycles. The van der Waals surface area contributed by atoms with Gasteiger partial charge in [-0.1, -0.05) is 86.5 Å². The molecule has 1 aliphatic carbocycles. The maximum atomic E-state index is 2.38. The van der Waals surface area contributed by atoms with E-state index in [1.807, 2.05) is 0 Å². The van der Waals surface area contributed by atoms with Crippen LogP contribution in [-0.4, -0.2) is 6.71 Å². The van der Waals surface area contributed by atoms with Crippen molar-refractivity contribution in [2.75, 3.05) is 0 Å². The molecule has 142 valence electrons. The first-order valence-electron chi connectivity index (χ1n) is 10.7. The Morgan fingerprint density at radius 1 is 0.704 bits per heavy atom. The molecule has 0 amide bonds. The fourth-order valence-electron chi connectivity index (χ4n) is 5.57. The van der Waals surface area contributed by atoms with E-state index in [-0.39, 0.29) is 0 Å². The Bertz CT molecular complexity index is 774. The van der Waals surface area contributed by atoms with E-state index in [2.05, 4.69) is 72.7 Å². The molecule has 2 aromatic rings. The van der Waals surface area contributed by atoms with Crippen LogP contribution in [0.5, 0.6) is 0 Å². The number of allylic oxidation sites excluding steroid dienone is 2. The number of hydrogen-bond donors (Lipinski definition) is 0. The summed E-state index contributed by atoms with van der Waals surface area (Å²) in [7, 11) is 0. The third kappa shape index (κ3) is 3.93. The van der Waals surface area contributed by atoms with Gasteiger partial charge in [0.15, 0.2) is 0 Å². The molecule has 0 unspecified atom stereocenters. The molecule has 1 aliphatic rings. The molecule has 0 radical (unpaired) electrons. The molecule has 0 heterocycles. The van der Waals surface area contributed by atoms with Crippen LogP contribution in [0.1, 0.15) is 72.4 Å². The molecular formula is C26H35B. The summed E-state index contributed by atoms with van der Waals surface area (Å²) in [5.74, 6) is 0. The summed E-state index contributed by atoms with van der Waals surface area (Å²) in [6, 6.07) is 9.50. The van der Waals surface area contributed by atoms with E-state index in [9.17, 15) is 0 Å². The van der Waals surface area contributed by atoms with Gasteiger partial charge in [0, 0.05) is 0 Å². The average Bonchev–Trinajstić information content (AvgIpc) is 3.07. The number of hydrogen-bond acceptors (Lipinski definition) is 0. The van der Waals surface area contributed by atoms with E-state index in [1.54, 1.807) is 22.0 Å². The largest absolute Gasteiger partial charge is 0.238 e. The molecule has 0 aromatic heterocycles. The first-order chi connectivity index (χ1) is 12.8. The molecule has 0 spiro atoms. The molecule has 1 fully saturated rings. The summed E-state index contributed by atoms with van der Waals surface area (Å²) < 4.78 is 0. The highest BCUT2D eigenvalue weighted by Gasteiger charge is 2.31. The minimum Gasteiger partial charge on any atom is -0.0918 e. The molecule has 0 nitrogen and oxygen atoms in total.